The first-order valence-corrected chi connectivity index (χ1v) is 11.5. The normalized spacial score (nSPS) is 22.2. The SMILES string of the molecule is CCCCN1C(=O)CC(C(=O)NCC2COc3ccccc3C2)C1c1ccc(OC)cc1. The molecule has 170 valence electrons. The minimum absolute atomic E-state index is 0.0503. The number of fused-ring (bicyclic) bond motifs is 1. The van der Waals surface area contributed by atoms with Gasteiger partial charge in [0.25, 0.3) is 0 Å². The van der Waals surface area contributed by atoms with E-state index in [4.69, 9.17) is 9.47 Å². The van der Waals surface area contributed by atoms with Crippen LogP contribution in [0.1, 0.15) is 43.4 Å². The summed E-state index contributed by atoms with van der Waals surface area (Å²) < 4.78 is 11.1. The van der Waals surface area contributed by atoms with Crippen LogP contribution in [0.4, 0.5) is 0 Å². The van der Waals surface area contributed by atoms with E-state index in [1.807, 2.05) is 47.4 Å². The number of carbonyl (C=O) groups is 2. The van der Waals surface area contributed by atoms with Crippen molar-refractivity contribution in [1.29, 1.82) is 0 Å². The summed E-state index contributed by atoms with van der Waals surface area (Å²) in [5, 5.41) is 3.12. The highest BCUT2D eigenvalue weighted by atomic mass is 16.5. The summed E-state index contributed by atoms with van der Waals surface area (Å²) in [7, 11) is 1.63. The topological polar surface area (TPSA) is 67.9 Å². The molecule has 2 aliphatic rings. The molecular weight excluding hydrogens is 404 g/mol. The predicted molar refractivity (Wildman–Crippen MR) is 123 cm³/mol. The van der Waals surface area contributed by atoms with E-state index in [1.165, 1.54) is 5.56 Å². The van der Waals surface area contributed by atoms with Crippen LogP contribution in [0.5, 0.6) is 11.5 Å². The number of methoxy groups -OCH3 is 1. The van der Waals surface area contributed by atoms with Crippen LogP contribution in [0.15, 0.2) is 48.5 Å². The molecule has 1 fully saturated rings. The molecule has 1 saturated heterocycles. The predicted octanol–water partition coefficient (Wildman–Crippen LogP) is 3.75. The van der Waals surface area contributed by atoms with Gasteiger partial charge in [0.05, 0.1) is 25.7 Å². The summed E-state index contributed by atoms with van der Waals surface area (Å²) in [4.78, 5) is 28.0. The van der Waals surface area contributed by atoms with Crippen LogP contribution >= 0.6 is 0 Å². The van der Waals surface area contributed by atoms with Gasteiger partial charge in [0.2, 0.25) is 11.8 Å². The Labute approximate surface area is 189 Å². The quantitative estimate of drug-likeness (QED) is 0.684. The van der Waals surface area contributed by atoms with Gasteiger partial charge in [-0.1, -0.05) is 43.7 Å². The van der Waals surface area contributed by atoms with Gasteiger partial charge >= 0.3 is 0 Å². The average molecular weight is 437 g/mol. The third-order valence-corrected chi connectivity index (χ3v) is 6.50. The molecule has 0 saturated carbocycles. The Balaban J connectivity index is 1.46. The number of carbonyl (C=O) groups excluding carboxylic acids is 2. The summed E-state index contributed by atoms with van der Waals surface area (Å²) in [6, 6.07) is 15.5. The first-order chi connectivity index (χ1) is 15.6. The molecular formula is C26H32N2O4. The van der Waals surface area contributed by atoms with E-state index in [2.05, 4.69) is 18.3 Å². The van der Waals surface area contributed by atoms with Crippen molar-refractivity contribution in [1.82, 2.24) is 10.2 Å². The Morgan fingerprint density at radius 2 is 1.94 bits per heavy atom. The second-order valence-corrected chi connectivity index (χ2v) is 8.70. The fourth-order valence-electron chi connectivity index (χ4n) is 4.73. The molecule has 1 N–H and O–H groups in total. The van der Waals surface area contributed by atoms with E-state index in [0.29, 0.717) is 19.7 Å². The molecule has 6 nitrogen and oxygen atoms in total. The number of benzene rings is 2. The molecule has 0 aromatic heterocycles. The highest BCUT2D eigenvalue weighted by Gasteiger charge is 2.44. The maximum Gasteiger partial charge on any atom is 0.226 e. The molecule has 0 bridgehead atoms. The number of unbranched alkanes of at least 4 members (excludes halogenated alkanes) is 1. The number of para-hydroxylation sites is 1. The van der Waals surface area contributed by atoms with Gasteiger partial charge in [-0.15, -0.1) is 0 Å². The van der Waals surface area contributed by atoms with E-state index in [9.17, 15) is 9.59 Å². The molecule has 2 aromatic rings. The fraction of sp³-hybridized carbons (Fsp3) is 0.462. The van der Waals surface area contributed by atoms with Crippen LogP contribution in [0.3, 0.4) is 0 Å². The minimum Gasteiger partial charge on any atom is -0.497 e. The third kappa shape index (κ3) is 4.74. The molecule has 2 aromatic carbocycles. The average Bonchev–Trinajstić information content (AvgIpc) is 3.17. The molecule has 3 unspecified atom stereocenters. The van der Waals surface area contributed by atoms with Crippen LogP contribution in [0, 0.1) is 11.8 Å². The second-order valence-electron chi connectivity index (χ2n) is 8.70. The smallest absolute Gasteiger partial charge is 0.226 e. The molecule has 2 aliphatic heterocycles. The Bertz CT molecular complexity index is 943. The summed E-state index contributed by atoms with van der Waals surface area (Å²) >= 11 is 0. The molecule has 6 heteroatoms. The monoisotopic (exact) mass is 436 g/mol. The number of ether oxygens (including phenoxy) is 2. The minimum atomic E-state index is -0.399. The summed E-state index contributed by atoms with van der Waals surface area (Å²) in [5.74, 6) is 1.51. The van der Waals surface area contributed by atoms with Crippen molar-refractivity contribution in [2.45, 2.75) is 38.6 Å². The zero-order chi connectivity index (χ0) is 22.5. The van der Waals surface area contributed by atoms with Crippen LogP contribution < -0.4 is 14.8 Å². The van der Waals surface area contributed by atoms with E-state index >= 15 is 0 Å². The molecule has 2 amide bonds. The standard InChI is InChI=1S/C26H32N2O4/c1-3-4-13-28-24(29)15-22(25(28)19-9-11-21(31-2)12-10-19)26(30)27-16-18-14-20-7-5-6-8-23(20)32-17-18/h5-12,18,22,25H,3-4,13-17H2,1-2H3,(H,27,30). The number of hydrogen-bond acceptors (Lipinski definition) is 4. The lowest BCUT2D eigenvalue weighted by Gasteiger charge is -2.29. The van der Waals surface area contributed by atoms with Crippen LogP contribution in [0.2, 0.25) is 0 Å². The van der Waals surface area contributed by atoms with Crippen molar-refractivity contribution in [3.05, 3.63) is 59.7 Å². The third-order valence-electron chi connectivity index (χ3n) is 6.50. The lowest BCUT2D eigenvalue weighted by Crippen LogP contribution is -2.40. The van der Waals surface area contributed by atoms with E-state index in [-0.39, 0.29) is 30.2 Å². The van der Waals surface area contributed by atoms with Crippen molar-refractivity contribution >= 4 is 11.8 Å². The Morgan fingerprint density at radius 3 is 2.69 bits per heavy atom. The van der Waals surface area contributed by atoms with E-state index in [1.54, 1.807) is 7.11 Å². The molecule has 0 aliphatic carbocycles. The lowest BCUT2D eigenvalue weighted by molar-refractivity contribution is -0.129. The van der Waals surface area contributed by atoms with Crippen molar-refractivity contribution in [3.63, 3.8) is 0 Å². The van der Waals surface area contributed by atoms with Crippen molar-refractivity contribution in [3.8, 4) is 11.5 Å². The Morgan fingerprint density at radius 1 is 1.16 bits per heavy atom. The number of amides is 2. The summed E-state index contributed by atoms with van der Waals surface area (Å²) in [6.07, 6.45) is 3.05. The highest BCUT2D eigenvalue weighted by molar-refractivity contribution is 5.90. The lowest BCUT2D eigenvalue weighted by atomic mass is 9.92. The molecule has 0 spiro atoms. The van der Waals surface area contributed by atoms with Crippen LogP contribution in [-0.2, 0) is 16.0 Å². The van der Waals surface area contributed by atoms with Crippen LogP contribution in [0.25, 0.3) is 0 Å². The van der Waals surface area contributed by atoms with Gasteiger partial charge in [0, 0.05) is 25.4 Å². The first kappa shape index (κ1) is 22.2. The molecule has 4 rings (SSSR count). The van der Waals surface area contributed by atoms with Crippen molar-refractivity contribution in [2.24, 2.45) is 11.8 Å². The Hall–Kier alpha value is -3.02. The van der Waals surface area contributed by atoms with Gasteiger partial charge in [-0.3, -0.25) is 9.59 Å². The number of nitrogens with one attached hydrogen (secondary N) is 1. The van der Waals surface area contributed by atoms with E-state index < -0.39 is 5.92 Å². The number of rotatable bonds is 8. The maximum atomic E-state index is 13.2. The fourth-order valence-corrected chi connectivity index (χ4v) is 4.73. The van der Waals surface area contributed by atoms with Gasteiger partial charge in [-0.05, 0) is 42.2 Å². The van der Waals surface area contributed by atoms with Gasteiger partial charge in [-0.2, -0.15) is 0 Å². The van der Waals surface area contributed by atoms with E-state index in [0.717, 1.165) is 36.3 Å². The molecule has 3 atom stereocenters. The van der Waals surface area contributed by atoms with Crippen LogP contribution in [-0.4, -0.2) is 43.5 Å². The summed E-state index contributed by atoms with van der Waals surface area (Å²) in [6.45, 7) is 3.91. The zero-order valence-electron chi connectivity index (χ0n) is 18.9. The van der Waals surface area contributed by atoms with Crippen molar-refractivity contribution < 1.29 is 19.1 Å². The molecule has 0 radical (unpaired) electrons. The number of nitrogens with zero attached hydrogens (tertiary/aromatic N) is 1. The maximum absolute atomic E-state index is 13.2. The molecule has 2 heterocycles. The van der Waals surface area contributed by atoms with Crippen molar-refractivity contribution in [2.75, 3.05) is 26.8 Å². The van der Waals surface area contributed by atoms with Gasteiger partial charge in [0.1, 0.15) is 11.5 Å². The first-order valence-electron chi connectivity index (χ1n) is 11.5. The Kier molecular flexibility index (Phi) is 6.98. The number of hydrogen-bond donors (Lipinski definition) is 1. The van der Waals surface area contributed by atoms with Gasteiger partial charge < -0.3 is 19.7 Å². The second kappa shape index (κ2) is 10.1. The largest absolute Gasteiger partial charge is 0.497 e. The highest BCUT2D eigenvalue weighted by Crippen LogP contribution is 2.39. The van der Waals surface area contributed by atoms with Gasteiger partial charge in [-0.25, -0.2) is 0 Å². The zero-order valence-corrected chi connectivity index (χ0v) is 18.9. The number of likely N-dealkylation sites (tertiary alicyclic amines) is 1. The summed E-state index contributed by atoms with van der Waals surface area (Å²) in [5.41, 5.74) is 2.15. The molecule has 32 heavy (non-hydrogen) atoms. The van der Waals surface area contributed by atoms with Gasteiger partial charge in [0.15, 0.2) is 0 Å².